The minimum atomic E-state index is -0.440. The Kier molecular flexibility index (Phi) is 5.96. The van der Waals surface area contributed by atoms with E-state index in [9.17, 15) is 4.79 Å². The van der Waals surface area contributed by atoms with Gasteiger partial charge in [-0.3, -0.25) is 4.79 Å². The van der Waals surface area contributed by atoms with Gasteiger partial charge in [-0.1, -0.05) is 29.3 Å². The Balaban J connectivity index is 1.26. The first-order valence-electron chi connectivity index (χ1n) is 12.4. The number of rotatable bonds is 5. The standard InChI is InChI=1S/C27H28Cl2N6O2/c1-27(2)13-17-22-20(32-26(33-22)34-23-18(28)6-5-7-19(23)29)12-16(24(17)37-27)25(36)31-15-8-9-21(30-14-15)35-10-3-4-11-35/h5-9,12,14,26,32-34H,3-4,10-11,13H2,1-2H3,(H,31,36). The number of nitrogens with one attached hydrogen (secondary N) is 4. The zero-order chi connectivity index (χ0) is 25.7. The Morgan fingerprint density at radius 1 is 1.14 bits per heavy atom. The average Bonchev–Trinajstić information content (AvgIpc) is 3.59. The molecule has 1 aromatic heterocycles. The predicted octanol–water partition coefficient (Wildman–Crippen LogP) is 6.19. The maximum atomic E-state index is 13.5. The third-order valence-electron chi connectivity index (χ3n) is 6.88. The van der Waals surface area contributed by atoms with Crippen molar-refractivity contribution in [3.8, 4) is 5.75 Å². The molecule has 192 valence electrons. The van der Waals surface area contributed by atoms with Gasteiger partial charge in [0.2, 0.25) is 0 Å². The molecule has 1 fully saturated rings. The Labute approximate surface area is 225 Å². The van der Waals surface area contributed by atoms with Crippen LogP contribution >= 0.6 is 23.2 Å². The highest BCUT2D eigenvalue weighted by molar-refractivity contribution is 6.39. The lowest BCUT2D eigenvalue weighted by atomic mass is 9.97. The molecule has 0 spiro atoms. The van der Waals surface area contributed by atoms with E-state index in [1.807, 2.05) is 32.0 Å². The zero-order valence-corrected chi connectivity index (χ0v) is 22.1. The van der Waals surface area contributed by atoms with E-state index >= 15 is 0 Å². The van der Waals surface area contributed by atoms with Gasteiger partial charge in [-0.25, -0.2) is 4.98 Å². The topological polar surface area (TPSA) is 90.6 Å². The van der Waals surface area contributed by atoms with Crippen LogP contribution in [0.15, 0.2) is 42.6 Å². The van der Waals surface area contributed by atoms with Gasteiger partial charge in [0.15, 0.2) is 6.29 Å². The van der Waals surface area contributed by atoms with Gasteiger partial charge in [0.1, 0.15) is 17.2 Å². The molecule has 8 nitrogen and oxygen atoms in total. The van der Waals surface area contributed by atoms with Crippen LogP contribution in [0.5, 0.6) is 5.75 Å². The number of ether oxygens (including phenoxy) is 1. The third kappa shape index (κ3) is 4.60. The minimum Gasteiger partial charge on any atom is -0.486 e. The molecule has 4 heterocycles. The van der Waals surface area contributed by atoms with Crippen LogP contribution in [0.25, 0.3) is 0 Å². The number of aromatic nitrogens is 1. The second-order valence-corrected chi connectivity index (χ2v) is 11.0. The second kappa shape index (κ2) is 9.19. The van der Waals surface area contributed by atoms with Crippen molar-refractivity contribution in [3.63, 3.8) is 0 Å². The molecule has 1 amide bonds. The third-order valence-corrected chi connectivity index (χ3v) is 7.51. The summed E-state index contributed by atoms with van der Waals surface area (Å²) in [5.74, 6) is 1.28. The van der Waals surface area contributed by atoms with Gasteiger partial charge in [-0.05, 0) is 57.0 Å². The minimum absolute atomic E-state index is 0.250. The summed E-state index contributed by atoms with van der Waals surface area (Å²) in [6.07, 6.45) is 4.36. The van der Waals surface area contributed by atoms with Crippen molar-refractivity contribution in [3.05, 3.63) is 63.8 Å². The van der Waals surface area contributed by atoms with E-state index in [1.54, 1.807) is 24.4 Å². The van der Waals surface area contributed by atoms with Gasteiger partial charge in [0.25, 0.3) is 5.91 Å². The molecule has 0 aliphatic carbocycles. The second-order valence-electron chi connectivity index (χ2n) is 10.2. The van der Waals surface area contributed by atoms with Crippen molar-refractivity contribution >= 4 is 57.7 Å². The van der Waals surface area contributed by atoms with E-state index in [1.165, 1.54) is 12.8 Å². The van der Waals surface area contributed by atoms with E-state index in [2.05, 4.69) is 31.2 Å². The van der Waals surface area contributed by atoms with Crippen LogP contribution in [-0.2, 0) is 6.42 Å². The summed E-state index contributed by atoms with van der Waals surface area (Å²) in [6, 6.07) is 11.0. The predicted molar refractivity (Wildman–Crippen MR) is 150 cm³/mol. The molecular formula is C27H28Cl2N6O2. The quantitative estimate of drug-likeness (QED) is 0.308. The van der Waals surface area contributed by atoms with E-state index in [0.717, 1.165) is 35.8 Å². The molecule has 6 rings (SSSR count). The molecule has 3 aliphatic rings. The molecular weight excluding hydrogens is 511 g/mol. The molecule has 0 saturated carbocycles. The maximum absolute atomic E-state index is 13.5. The Hall–Kier alpha value is -3.36. The number of para-hydroxylation sites is 1. The molecule has 37 heavy (non-hydrogen) atoms. The number of fused-ring (bicyclic) bond motifs is 3. The number of pyridine rings is 1. The zero-order valence-electron chi connectivity index (χ0n) is 20.6. The van der Waals surface area contributed by atoms with Gasteiger partial charge in [-0.15, -0.1) is 0 Å². The summed E-state index contributed by atoms with van der Waals surface area (Å²) in [5, 5.41) is 14.2. The summed E-state index contributed by atoms with van der Waals surface area (Å²) in [6.45, 7) is 6.08. The van der Waals surface area contributed by atoms with Crippen molar-refractivity contribution in [1.82, 2.24) is 4.98 Å². The number of hydrogen-bond donors (Lipinski definition) is 4. The van der Waals surface area contributed by atoms with Crippen molar-refractivity contribution in [2.24, 2.45) is 0 Å². The number of anilines is 5. The molecule has 1 unspecified atom stereocenters. The first-order valence-corrected chi connectivity index (χ1v) is 13.2. The summed E-state index contributed by atoms with van der Waals surface area (Å²) in [5.41, 5.74) is 3.94. The molecule has 4 N–H and O–H groups in total. The van der Waals surface area contributed by atoms with Crippen molar-refractivity contribution in [2.45, 2.75) is 45.0 Å². The van der Waals surface area contributed by atoms with Gasteiger partial charge in [-0.2, -0.15) is 0 Å². The van der Waals surface area contributed by atoms with Crippen LogP contribution in [0.1, 0.15) is 42.6 Å². The number of hydrogen-bond acceptors (Lipinski definition) is 7. The number of carbonyl (C=O) groups excluding carboxylic acids is 1. The van der Waals surface area contributed by atoms with E-state index < -0.39 is 5.60 Å². The average molecular weight is 539 g/mol. The van der Waals surface area contributed by atoms with Crippen molar-refractivity contribution in [1.29, 1.82) is 0 Å². The van der Waals surface area contributed by atoms with Crippen molar-refractivity contribution < 1.29 is 9.53 Å². The molecule has 10 heteroatoms. The first kappa shape index (κ1) is 24.0. The van der Waals surface area contributed by atoms with Crippen LogP contribution in [0, 0.1) is 0 Å². The molecule has 0 radical (unpaired) electrons. The monoisotopic (exact) mass is 538 g/mol. The van der Waals surface area contributed by atoms with Crippen LogP contribution in [0.2, 0.25) is 10.0 Å². The highest BCUT2D eigenvalue weighted by Crippen LogP contribution is 2.48. The Bertz CT molecular complexity index is 1350. The van der Waals surface area contributed by atoms with Crippen LogP contribution in [0.3, 0.4) is 0 Å². The fourth-order valence-electron chi connectivity index (χ4n) is 5.17. The summed E-state index contributed by atoms with van der Waals surface area (Å²) in [7, 11) is 0. The molecule has 3 aromatic rings. The number of carbonyl (C=O) groups is 1. The molecule has 3 aliphatic heterocycles. The number of amides is 1. The fourth-order valence-corrected chi connectivity index (χ4v) is 5.68. The lowest BCUT2D eigenvalue weighted by Gasteiger charge is -2.19. The van der Waals surface area contributed by atoms with Gasteiger partial charge in [0.05, 0.1) is 44.6 Å². The number of nitrogens with zero attached hydrogens (tertiary/aromatic N) is 2. The highest BCUT2D eigenvalue weighted by Gasteiger charge is 2.39. The lowest BCUT2D eigenvalue weighted by molar-refractivity contribution is 0.101. The Morgan fingerprint density at radius 3 is 2.59 bits per heavy atom. The largest absolute Gasteiger partial charge is 0.486 e. The first-order chi connectivity index (χ1) is 17.8. The molecule has 2 aromatic carbocycles. The normalized spacial score (nSPS) is 18.9. The fraction of sp³-hybridized carbons (Fsp3) is 0.333. The lowest BCUT2D eigenvalue weighted by Crippen LogP contribution is -2.31. The van der Waals surface area contributed by atoms with E-state index in [4.69, 9.17) is 27.9 Å². The van der Waals surface area contributed by atoms with Crippen LogP contribution in [-0.4, -0.2) is 35.9 Å². The molecule has 1 saturated heterocycles. The summed E-state index contributed by atoms with van der Waals surface area (Å²) < 4.78 is 6.27. The van der Waals surface area contributed by atoms with E-state index in [-0.39, 0.29) is 12.2 Å². The van der Waals surface area contributed by atoms with Gasteiger partial charge >= 0.3 is 0 Å². The molecule has 0 bridgehead atoms. The Morgan fingerprint density at radius 2 is 1.89 bits per heavy atom. The number of halogens is 2. The van der Waals surface area contributed by atoms with Crippen LogP contribution < -0.4 is 30.9 Å². The highest BCUT2D eigenvalue weighted by atomic mass is 35.5. The van der Waals surface area contributed by atoms with Gasteiger partial charge < -0.3 is 30.9 Å². The number of benzene rings is 2. The van der Waals surface area contributed by atoms with Crippen LogP contribution in [0.4, 0.5) is 28.6 Å². The molecule has 1 atom stereocenters. The maximum Gasteiger partial charge on any atom is 0.259 e. The summed E-state index contributed by atoms with van der Waals surface area (Å²) in [4.78, 5) is 20.3. The van der Waals surface area contributed by atoms with E-state index in [0.29, 0.717) is 39.2 Å². The summed E-state index contributed by atoms with van der Waals surface area (Å²) >= 11 is 12.7. The SMILES string of the molecule is CC1(C)Cc2c3c(cc(C(=O)Nc4ccc(N5CCCC5)nc4)c2O1)NC(Nc1c(Cl)cccc1Cl)N3. The smallest absolute Gasteiger partial charge is 0.259 e. The van der Waals surface area contributed by atoms with Crippen molar-refractivity contribution in [2.75, 3.05) is 39.3 Å². The van der Waals surface area contributed by atoms with Gasteiger partial charge in [0, 0.05) is 25.1 Å².